The van der Waals surface area contributed by atoms with Crippen molar-refractivity contribution in [3.8, 4) is 11.5 Å². The standard InChI is InChI=1S/C17H17F2NO4S/c1-2-20(25(21,22)17-8-7-12(18)9-14(17)19)10-13-11-23-15-5-3-4-6-16(15)24-13/h3-9,13H,2,10-11H2,1H3/t13-/m1/s1. The fourth-order valence-electron chi connectivity index (χ4n) is 2.60. The summed E-state index contributed by atoms with van der Waals surface area (Å²) < 4.78 is 64.7. The van der Waals surface area contributed by atoms with E-state index in [2.05, 4.69) is 0 Å². The van der Waals surface area contributed by atoms with Gasteiger partial charge in [0.2, 0.25) is 10.0 Å². The topological polar surface area (TPSA) is 55.8 Å². The zero-order valence-electron chi connectivity index (χ0n) is 13.5. The van der Waals surface area contributed by atoms with Gasteiger partial charge in [-0.3, -0.25) is 0 Å². The van der Waals surface area contributed by atoms with E-state index in [0.717, 1.165) is 16.4 Å². The van der Waals surface area contributed by atoms with Gasteiger partial charge in [-0.15, -0.1) is 0 Å². The molecule has 8 heteroatoms. The Hall–Kier alpha value is -2.19. The third-order valence-corrected chi connectivity index (χ3v) is 5.81. The van der Waals surface area contributed by atoms with E-state index in [1.165, 1.54) is 0 Å². The van der Waals surface area contributed by atoms with Crippen LogP contribution in [0.5, 0.6) is 11.5 Å². The van der Waals surface area contributed by atoms with Crippen LogP contribution in [0.3, 0.4) is 0 Å². The highest BCUT2D eigenvalue weighted by Gasteiger charge is 2.31. The Bertz CT molecular complexity index is 873. The first kappa shape index (κ1) is 17.6. The van der Waals surface area contributed by atoms with Crippen LogP contribution in [0.1, 0.15) is 6.92 Å². The summed E-state index contributed by atoms with van der Waals surface area (Å²) in [7, 11) is -4.12. The summed E-state index contributed by atoms with van der Waals surface area (Å²) in [5.41, 5.74) is 0. The third kappa shape index (κ3) is 3.59. The van der Waals surface area contributed by atoms with Crippen LogP contribution in [-0.4, -0.2) is 38.5 Å². The van der Waals surface area contributed by atoms with Gasteiger partial charge in [-0.25, -0.2) is 17.2 Å². The molecule has 2 aromatic carbocycles. The van der Waals surface area contributed by atoms with E-state index in [0.29, 0.717) is 17.6 Å². The quantitative estimate of drug-likeness (QED) is 0.813. The van der Waals surface area contributed by atoms with Crippen molar-refractivity contribution >= 4 is 10.0 Å². The van der Waals surface area contributed by atoms with Crippen LogP contribution in [-0.2, 0) is 10.0 Å². The molecule has 0 amide bonds. The molecule has 0 radical (unpaired) electrons. The van der Waals surface area contributed by atoms with Crippen LogP contribution in [0.4, 0.5) is 8.78 Å². The van der Waals surface area contributed by atoms with Gasteiger partial charge in [-0.2, -0.15) is 4.31 Å². The monoisotopic (exact) mass is 369 g/mol. The zero-order valence-corrected chi connectivity index (χ0v) is 14.3. The third-order valence-electron chi connectivity index (χ3n) is 3.84. The van der Waals surface area contributed by atoms with Gasteiger partial charge in [0.05, 0.1) is 6.54 Å². The van der Waals surface area contributed by atoms with E-state index in [1.54, 1.807) is 25.1 Å². The lowest BCUT2D eigenvalue weighted by atomic mass is 10.2. The van der Waals surface area contributed by atoms with Crippen molar-refractivity contribution < 1.29 is 26.7 Å². The van der Waals surface area contributed by atoms with Crippen molar-refractivity contribution in [1.82, 2.24) is 4.31 Å². The maximum Gasteiger partial charge on any atom is 0.246 e. The first-order valence-corrected chi connectivity index (χ1v) is 9.19. The molecule has 25 heavy (non-hydrogen) atoms. The molecular weight excluding hydrogens is 352 g/mol. The number of likely N-dealkylation sites (N-methyl/N-ethyl adjacent to an activating group) is 1. The molecule has 1 heterocycles. The van der Waals surface area contributed by atoms with E-state index in [-0.39, 0.29) is 19.7 Å². The van der Waals surface area contributed by atoms with Gasteiger partial charge in [0.25, 0.3) is 0 Å². The van der Waals surface area contributed by atoms with E-state index in [4.69, 9.17) is 9.47 Å². The van der Waals surface area contributed by atoms with Crippen molar-refractivity contribution in [2.75, 3.05) is 19.7 Å². The van der Waals surface area contributed by atoms with Crippen LogP contribution in [0.2, 0.25) is 0 Å². The first-order valence-electron chi connectivity index (χ1n) is 7.75. The smallest absolute Gasteiger partial charge is 0.246 e. The van der Waals surface area contributed by atoms with E-state index >= 15 is 0 Å². The fourth-order valence-corrected chi connectivity index (χ4v) is 4.13. The lowest BCUT2D eigenvalue weighted by Crippen LogP contribution is -2.43. The molecule has 0 fully saturated rings. The van der Waals surface area contributed by atoms with Gasteiger partial charge in [0.15, 0.2) is 11.5 Å². The van der Waals surface area contributed by atoms with Gasteiger partial charge in [-0.05, 0) is 24.3 Å². The van der Waals surface area contributed by atoms with Crippen LogP contribution in [0, 0.1) is 11.6 Å². The molecule has 1 aliphatic rings. The summed E-state index contributed by atoms with van der Waals surface area (Å²) in [6.07, 6.45) is -0.534. The first-order chi connectivity index (χ1) is 11.9. The second-order valence-corrected chi connectivity index (χ2v) is 7.43. The summed E-state index contributed by atoms with van der Waals surface area (Å²) in [5, 5.41) is 0. The summed E-state index contributed by atoms with van der Waals surface area (Å²) in [4.78, 5) is -0.562. The summed E-state index contributed by atoms with van der Waals surface area (Å²) >= 11 is 0. The number of hydrogen-bond donors (Lipinski definition) is 0. The largest absolute Gasteiger partial charge is 0.486 e. The van der Waals surface area contributed by atoms with Crippen molar-refractivity contribution in [2.24, 2.45) is 0 Å². The molecule has 0 bridgehead atoms. The Morgan fingerprint density at radius 3 is 2.56 bits per heavy atom. The number of para-hydroxylation sites is 2. The summed E-state index contributed by atoms with van der Waals surface area (Å²) in [6.45, 7) is 1.91. The number of nitrogens with zero attached hydrogens (tertiary/aromatic N) is 1. The molecule has 0 unspecified atom stereocenters. The molecule has 1 aliphatic heterocycles. The van der Waals surface area contributed by atoms with Gasteiger partial charge in [0.1, 0.15) is 29.2 Å². The average Bonchev–Trinajstić information content (AvgIpc) is 2.59. The SMILES string of the molecule is CCN(C[C@@H]1COc2ccccc2O1)S(=O)(=O)c1ccc(F)cc1F. The van der Waals surface area contributed by atoms with Gasteiger partial charge in [0, 0.05) is 12.6 Å². The minimum atomic E-state index is -4.12. The Morgan fingerprint density at radius 1 is 1.16 bits per heavy atom. The number of fused-ring (bicyclic) bond motifs is 1. The number of rotatable bonds is 5. The van der Waals surface area contributed by atoms with Crippen molar-refractivity contribution in [3.05, 3.63) is 54.1 Å². The van der Waals surface area contributed by atoms with Crippen LogP contribution < -0.4 is 9.47 Å². The molecule has 0 saturated carbocycles. The number of ether oxygens (including phenoxy) is 2. The predicted molar refractivity (Wildman–Crippen MR) is 87.1 cm³/mol. The van der Waals surface area contributed by atoms with E-state index in [1.807, 2.05) is 6.07 Å². The Balaban J connectivity index is 1.81. The molecule has 5 nitrogen and oxygen atoms in total. The molecular formula is C17H17F2NO4S. The van der Waals surface area contributed by atoms with Crippen LogP contribution in [0.25, 0.3) is 0 Å². The highest BCUT2D eigenvalue weighted by atomic mass is 32.2. The molecule has 2 aromatic rings. The van der Waals surface area contributed by atoms with Gasteiger partial charge in [-0.1, -0.05) is 19.1 Å². The lowest BCUT2D eigenvalue weighted by molar-refractivity contribution is 0.0771. The second-order valence-electron chi connectivity index (χ2n) is 5.53. The minimum Gasteiger partial charge on any atom is -0.486 e. The number of hydrogen-bond acceptors (Lipinski definition) is 4. The fraction of sp³-hybridized carbons (Fsp3) is 0.294. The number of sulfonamides is 1. The van der Waals surface area contributed by atoms with Crippen LogP contribution >= 0.6 is 0 Å². The second kappa shape index (κ2) is 6.97. The molecule has 0 spiro atoms. The lowest BCUT2D eigenvalue weighted by Gasteiger charge is -2.30. The molecule has 0 N–H and O–H groups in total. The van der Waals surface area contributed by atoms with Gasteiger partial charge >= 0.3 is 0 Å². The molecule has 1 atom stereocenters. The van der Waals surface area contributed by atoms with Crippen molar-refractivity contribution in [3.63, 3.8) is 0 Å². The van der Waals surface area contributed by atoms with Crippen LogP contribution in [0.15, 0.2) is 47.4 Å². The Morgan fingerprint density at radius 2 is 1.88 bits per heavy atom. The maximum atomic E-state index is 13.9. The zero-order chi connectivity index (χ0) is 18.0. The van der Waals surface area contributed by atoms with Crippen molar-refractivity contribution in [1.29, 1.82) is 0 Å². The highest BCUT2D eigenvalue weighted by Crippen LogP contribution is 2.31. The molecule has 0 aromatic heterocycles. The van der Waals surface area contributed by atoms with Crippen molar-refractivity contribution in [2.45, 2.75) is 17.9 Å². The normalized spacial score (nSPS) is 16.9. The van der Waals surface area contributed by atoms with E-state index in [9.17, 15) is 17.2 Å². The maximum absolute atomic E-state index is 13.9. The van der Waals surface area contributed by atoms with Gasteiger partial charge < -0.3 is 9.47 Å². The summed E-state index contributed by atoms with van der Waals surface area (Å²) in [5.74, 6) is -0.834. The molecule has 3 rings (SSSR count). The predicted octanol–water partition coefficient (Wildman–Crippen LogP) is 2.82. The van der Waals surface area contributed by atoms with E-state index < -0.39 is 32.7 Å². The molecule has 0 aliphatic carbocycles. The summed E-state index contributed by atoms with van der Waals surface area (Å²) in [6, 6.07) is 9.47. The molecule has 134 valence electrons. The average molecular weight is 369 g/mol. The highest BCUT2D eigenvalue weighted by molar-refractivity contribution is 7.89. The number of halogens is 2. The Labute approximate surface area is 144 Å². The molecule has 0 saturated heterocycles. The number of benzene rings is 2. The minimum absolute atomic E-state index is 0.00994. The Kier molecular flexibility index (Phi) is 4.91.